The predicted molar refractivity (Wildman–Crippen MR) is 113 cm³/mol. The number of benzene rings is 2. The minimum Gasteiger partial charge on any atom is -0.350 e. The number of carbonyl (C=O) groups is 3. The van der Waals surface area contributed by atoms with E-state index in [1.165, 1.54) is 4.90 Å². The van der Waals surface area contributed by atoms with Crippen LogP contribution in [0.25, 0.3) is 0 Å². The fraction of sp³-hybridized carbons (Fsp3) is 0.348. The summed E-state index contributed by atoms with van der Waals surface area (Å²) in [5.74, 6) is -0.525. The van der Waals surface area contributed by atoms with Gasteiger partial charge in [-0.2, -0.15) is 0 Å². The normalized spacial score (nSPS) is 11.6. The number of carbonyl (C=O) groups excluding carboxylic acids is 3. The SMILES string of the molecule is CC(C)C(NC(=O)Cc1ccccc1)C(=O)NCc1ccc(C(=O)N(C)C)cc1. The molecule has 2 aromatic carbocycles. The number of hydrogen-bond acceptors (Lipinski definition) is 3. The first kappa shape index (κ1) is 22.1. The Balaban J connectivity index is 1.92. The van der Waals surface area contributed by atoms with Crippen LogP contribution in [0.4, 0.5) is 0 Å². The summed E-state index contributed by atoms with van der Waals surface area (Å²) in [6.45, 7) is 4.12. The maximum Gasteiger partial charge on any atom is 0.253 e. The molecule has 2 rings (SSSR count). The Kier molecular flexibility index (Phi) is 7.95. The molecule has 1 atom stereocenters. The fourth-order valence-corrected chi connectivity index (χ4v) is 2.86. The summed E-state index contributed by atoms with van der Waals surface area (Å²) in [6, 6.07) is 15.9. The van der Waals surface area contributed by atoms with Crippen molar-refractivity contribution in [2.75, 3.05) is 14.1 Å². The van der Waals surface area contributed by atoms with Crippen molar-refractivity contribution in [3.05, 3.63) is 71.3 Å². The largest absolute Gasteiger partial charge is 0.350 e. The van der Waals surface area contributed by atoms with Crippen molar-refractivity contribution in [1.82, 2.24) is 15.5 Å². The van der Waals surface area contributed by atoms with Gasteiger partial charge < -0.3 is 15.5 Å². The molecule has 6 heteroatoms. The number of nitrogens with zero attached hydrogens (tertiary/aromatic N) is 1. The van der Waals surface area contributed by atoms with Crippen molar-refractivity contribution in [2.24, 2.45) is 5.92 Å². The molecule has 2 N–H and O–H groups in total. The fourth-order valence-electron chi connectivity index (χ4n) is 2.86. The van der Waals surface area contributed by atoms with Crippen LogP contribution in [0.2, 0.25) is 0 Å². The van der Waals surface area contributed by atoms with Gasteiger partial charge in [0.1, 0.15) is 6.04 Å². The lowest BCUT2D eigenvalue weighted by Gasteiger charge is -2.22. The second-order valence-electron chi connectivity index (χ2n) is 7.57. The smallest absolute Gasteiger partial charge is 0.253 e. The zero-order valence-electron chi connectivity index (χ0n) is 17.4. The van der Waals surface area contributed by atoms with Crippen LogP contribution in [0, 0.1) is 5.92 Å². The molecule has 154 valence electrons. The molecule has 0 spiro atoms. The third-order valence-corrected chi connectivity index (χ3v) is 4.55. The Morgan fingerprint density at radius 2 is 1.52 bits per heavy atom. The van der Waals surface area contributed by atoms with E-state index < -0.39 is 6.04 Å². The van der Waals surface area contributed by atoms with E-state index in [9.17, 15) is 14.4 Å². The second-order valence-corrected chi connectivity index (χ2v) is 7.57. The van der Waals surface area contributed by atoms with Gasteiger partial charge in [0.15, 0.2) is 0 Å². The first-order valence-electron chi connectivity index (χ1n) is 9.69. The molecule has 0 radical (unpaired) electrons. The van der Waals surface area contributed by atoms with Gasteiger partial charge in [0.25, 0.3) is 5.91 Å². The second kappa shape index (κ2) is 10.4. The van der Waals surface area contributed by atoms with Crippen LogP contribution >= 0.6 is 0 Å². The van der Waals surface area contributed by atoms with E-state index in [1.807, 2.05) is 56.3 Å². The molecule has 1 unspecified atom stereocenters. The summed E-state index contributed by atoms with van der Waals surface area (Å²) < 4.78 is 0. The van der Waals surface area contributed by atoms with Gasteiger partial charge in [0.05, 0.1) is 6.42 Å². The van der Waals surface area contributed by atoms with Gasteiger partial charge in [0.2, 0.25) is 11.8 Å². The van der Waals surface area contributed by atoms with Crippen molar-refractivity contribution < 1.29 is 14.4 Å². The molecule has 0 heterocycles. The molecule has 0 aliphatic rings. The van der Waals surface area contributed by atoms with Crippen LogP contribution < -0.4 is 10.6 Å². The lowest BCUT2D eigenvalue weighted by atomic mass is 10.0. The van der Waals surface area contributed by atoms with Crippen molar-refractivity contribution in [3.63, 3.8) is 0 Å². The van der Waals surface area contributed by atoms with E-state index in [1.54, 1.807) is 26.2 Å². The zero-order chi connectivity index (χ0) is 21.4. The van der Waals surface area contributed by atoms with Crippen molar-refractivity contribution in [2.45, 2.75) is 32.9 Å². The Morgan fingerprint density at radius 3 is 2.07 bits per heavy atom. The summed E-state index contributed by atoms with van der Waals surface area (Å²) >= 11 is 0. The van der Waals surface area contributed by atoms with E-state index in [0.29, 0.717) is 12.1 Å². The van der Waals surface area contributed by atoms with Gasteiger partial charge in [-0.1, -0.05) is 56.3 Å². The molecule has 0 aliphatic carbocycles. The molecule has 0 saturated carbocycles. The van der Waals surface area contributed by atoms with Crippen LogP contribution in [0.3, 0.4) is 0 Å². The highest BCUT2D eigenvalue weighted by molar-refractivity contribution is 5.94. The van der Waals surface area contributed by atoms with E-state index >= 15 is 0 Å². The van der Waals surface area contributed by atoms with Gasteiger partial charge in [-0.3, -0.25) is 14.4 Å². The standard InChI is InChI=1S/C23H29N3O3/c1-16(2)21(25-20(27)14-17-8-6-5-7-9-17)22(28)24-15-18-10-12-19(13-11-18)23(29)26(3)4/h5-13,16,21H,14-15H2,1-4H3,(H,24,28)(H,25,27). The number of nitrogens with one attached hydrogen (secondary N) is 2. The quantitative estimate of drug-likeness (QED) is 0.720. The van der Waals surface area contributed by atoms with Gasteiger partial charge in [-0.15, -0.1) is 0 Å². The van der Waals surface area contributed by atoms with E-state index in [2.05, 4.69) is 10.6 Å². The molecule has 0 aliphatic heterocycles. The summed E-state index contributed by atoms with van der Waals surface area (Å²) in [7, 11) is 3.41. The highest BCUT2D eigenvalue weighted by atomic mass is 16.2. The maximum atomic E-state index is 12.6. The third-order valence-electron chi connectivity index (χ3n) is 4.55. The van der Waals surface area contributed by atoms with Crippen molar-refractivity contribution in [3.8, 4) is 0 Å². The predicted octanol–water partition coefficient (Wildman–Crippen LogP) is 2.39. The van der Waals surface area contributed by atoms with Crippen molar-refractivity contribution >= 4 is 17.7 Å². The average Bonchev–Trinajstić information content (AvgIpc) is 2.70. The first-order chi connectivity index (χ1) is 13.8. The minimum atomic E-state index is -0.610. The highest BCUT2D eigenvalue weighted by Gasteiger charge is 2.24. The zero-order valence-corrected chi connectivity index (χ0v) is 17.4. The third kappa shape index (κ3) is 6.75. The monoisotopic (exact) mass is 395 g/mol. The molecule has 3 amide bonds. The van der Waals surface area contributed by atoms with E-state index in [-0.39, 0.29) is 30.1 Å². The summed E-state index contributed by atoms with van der Waals surface area (Å²) in [5.41, 5.74) is 2.38. The average molecular weight is 396 g/mol. The Hall–Kier alpha value is -3.15. The van der Waals surface area contributed by atoms with E-state index in [0.717, 1.165) is 11.1 Å². The lowest BCUT2D eigenvalue weighted by molar-refractivity contribution is -0.129. The summed E-state index contributed by atoms with van der Waals surface area (Å²) in [4.78, 5) is 38.4. The topological polar surface area (TPSA) is 78.5 Å². The minimum absolute atomic E-state index is 0.0465. The molecular weight excluding hydrogens is 366 g/mol. The summed E-state index contributed by atoms with van der Waals surface area (Å²) in [5, 5.41) is 5.71. The van der Waals surface area contributed by atoms with Crippen LogP contribution in [-0.2, 0) is 22.6 Å². The molecule has 29 heavy (non-hydrogen) atoms. The molecule has 6 nitrogen and oxygen atoms in total. The van der Waals surface area contributed by atoms with Crippen molar-refractivity contribution in [1.29, 1.82) is 0 Å². The van der Waals surface area contributed by atoms with Gasteiger partial charge in [-0.05, 0) is 29.2 Å². The molecule has 2 aromatic rings. The Labute approximate surface area is 172 Å². The number of amides is 3. The number of rotatable bonds is 8. The first-order valence-corrected chi connectivity index (χ1v) is 9.69. The van der Waals surface area contributed by atoms with Crippen LogP contribution in [0.1, 0.15) is 35.3 Å². The molecule has 0 aromatic heterocycles. The van der Waals surface area contributed by atoms with Gasteiger partial charge in [-0.25, -0.2) is 0 Å². The molecule has 0 bridgehead atoms. The maximum absolute atomic E-state index is 12.6. The Morgan fingerprint density at radius 1 is 0.897 bits per heavy atom. The van der Waals surface area contributed by atoms with Crippen LogP contribution in [0.15, 0.2) is 54.6 Å². The molecule has 0 fully saturated rings. The van der Waals surface area contributed by atoms with Crippen LogP contribution in [0.5, 0.6) is 0 Å². The molecule has 0 saturated heterocycles. The van der Waals surface area contributed by atoms with E-state index in [4.69, 9.17) is 0 Å². The van der Waals surface area contributed by atoms with Crippen LogP contribution in [-0.4, -0.2) is 42.8 Å². The highest BCUT2D eigenvalue weighted by Crippen LogP contribution is 2.08. The number of hydrogen-bond donors (Lipinski definition) is 2. The Bertz CT molecular complexity index is 830. The van der Waals surface area contributed by atoms with Gasteiger partial charge in [0, 0.05) is 26.2 Å². The molecular formula is C23H29N3O3. The lowest BCUT2D eigenvalue weighted by Crippen LogP contribution is -2.49. The van der Waals surface area contributed by atoms with Gasteiger partial charge >= 0.3 is 0 Å². The summed E-state index contributed by atoms with van der Waals surface area (Å²) in [6.07, 6.45) is 0.235.